The van der Waals surface area contributed by atoms with Crippen LogP contribution in [-0.4, -0.2) is 22.9 Å². The summed E-state index contributed by atoms with van der Waals surface area (Å²) in [6.45, 7) is 7.98. The Morgan fingerprint density at radius 2 is 1.83 bits per heavy atom. The predicted molar refractivity (Wildman–Crippen MR) is 94.0 cm³/mol. The molecule has 23 heavy (non-hydrogen) atoms. The van der Waals surface area contributed by atoms with Crippen LogP contribution in [0.1, 0.15) is 33.0 Å². The van der Waals surface area contributed by atoms with Crippen molar-refractivity contribution in [2.45, 2.75) is 34.1 Å². The van der Waals surface area contributed by atoms with Crippen molar-refractivity contribution in [3.05, 3.63) is 42.2 Å². The number of aromatic nitrogens is 2. The highest BCUT2D eigenvalue weighted by Crippen LogP contribution is 2.29. The molecule has 1 aromatic carbocycles. The van der Waals surface area contributed by atoms with Gasteiger partial charge in [-0.05, 0) is 24.5 Å². The molecular formula is C18H24N4O. The van der Waals surface area contributed by atoms with Crippen molar-refractivity contribution < 1.29 is 4.79 Å². The number of carbonyl (C=O) groups is 1. The smallest absolute Gasteiger partial charge is 0.233 e. The second-order valence-corrected chi connectivity index (χ2v) is 6.71. The number of hydrogen-bond donors (Lipinski definition) is 1. The summed E-state index contributed by atoms with van der Waals surface area (Å²) in [7, 11) is 1.80. The van der Waals surface area contributed by atoms with E-state index >= 15 is 0 Å². The maximum atomic E-state index is 12.9. The van der Waals surface area contributed by atoms with E-state index < -0.39 is 0 Å². The number of hydrogen-bond acceptors (Lipinski definition) is 4. The minimum absolute atomic E-state index is 0.0175. The highest BCUT2D eigenvalue weighted by atomic mass is 16.2. The molecule has 0 saturated carbocycles. The molecule has 0 radical (unpaired) electrons. The van der Waals surface area contributed by atoms with E-state index in [-0.39, 0.29) is 11.3 Å². The van der Waals surface area contributed by atoms with Crippen molar-refractivity contribution in [2.24, 2.45) is 5.41 Å². The first-order valence-corrected chi connectivity index (χ1v) is 7.71. The van der Waals surface area contributed by atoms with Crippen molar-refractivity contribution in [1.82, 2.24) is 9.97 Å². The lowest BCUT2D eigenvalue weighted by Crippen LogP contribution is -2.30. The summed E-state index contributed by atoms with van der Waals surface area (Å²) in [6.07, 6.45) is 0.430. The first kappa shape index (κ1) is 16.9. The lowest BCUT2D eigenvalue weighted by atomic mass is 9.91. The minimum Gasteiger partial charge on any atom is -0.373 e. The van der Waals surface area contributed by atoms with E-state index in [0.29, 0.717) is 23.9 Å². The number of benzene rings is 1. The van der Waals surface area contributed by atoms with Crippen LogP contribution in [0.15, 0.2) is 36.4 Å². The molecule has 0 aliphatic carbocycles. The highest BCUT2D eigenvalue weighted by molar-refractivity contribution is 6.00. The van der Waals surface area contributed by atoms with Gasteiger partial charge in [0.05, 0.1) is 5.69 Å². The quantitative estimate of drug-likeness (QED) is 0.929. The molecule has 5 nitrogen and oxygen atoms in total. The summed E-state index contributed by atoms with van der Waals surface area (Å²) in [5, 5.41) is 3.01. The average Bonchev–Trinajstić information content (AvgIpc) is 2.46. The van der Waals surface area contributed by atoms with Crippen LogP contribution < -0.4 is 10.2 Å². The number of para-hydroxylation sites is 1. The second-order valence-electron chi connectivity index (χ2n) is 6.71. The third-order valence-corrected chi connectivity index (χ3v) is 3.26. The van der Waals surface area contributed by atoms with Gasteiger partial charge in [-0.15, -0.1) is 0 Å². The third-order valence-electron chi connectivity index (χ3n) is 3.26. The normalized spacial score (nSPS) is 11.2. The third kappa shape index (κ3) is 4.52. The fourth-order valence-corrected chi connectivity index (χ4v) is 2.31. The molecule has 0 saturated heterocycles. The van der Waals surface area contributed by atoms with Crippen LogP contribution in [0.4, 0.5) is 17.3 Å². The fourth-order valence-electron chi connectivity index (χ4n) is 2.31. The monoisotopic (exact) mass is 312 g/mol. The van der Waals surface area contributed by atoms with Crippen LogP contribution >= 0.6 is 0 Å². The Hall–Kier alpha value is -2.43. The number of rotatable bonds is 4. The molecule has 2 aromatic rings. The molecule has 1 heterocycles. The number of aryl methyl sites for hydroxylation is 1. The standard InChI is InChI=1S/C18H24N4O/c1-13-20-15(19-5)11-16(21-13)22(14-9-7-6-8-10-14)17(23)12-18(2,3)4/h6-11H,12H2,1-5H3,(H,19,20,21). The fraction of sp³-hybridized carbons (Fsp3) is 0.389. The molecule has 122 valence electrons. The molecule has 1 aromatic heterocycles. The van der Waals surface area contributed by atoms with E-state index in [4.69, 9.17) is 0 Å². The Balaban J connectivity index is 2.50. The molecule has 2 rings (SSSR count). The largest absolute Gasteiger partial charge is 0.373 e. The Morgan fingerprint density at radius 1 is 1.17 bits per heavy atom. The van der Waals surface area contributed by atoms with Crippen LogP contribution in [0.2, 0.25) is 0 Å². The van der Waals surface area contributed by atoms with Crippen molar-refractivity contribution in [1.29, 1.82) is 0 Å². The Morgan fingerprint density at radius 3 is 2.39 bits per heavy atom. The van der Waals surface area contributed by atoms with E-state index in [9.17, 15) is 4.79 Å². The van der Waals surface area contributed by atoms with Gasteiger partial charge in [0, 0.05) is 19.5 Å². The Kier molecular flexibility index (Phi) is 4.98. The van der Waals surface area contributed by atoms with Gasteiger partial charge in [0.15, 0.2) is 0 Å². The summed E-state index contributed by atoms with van der Waals surface area (Å²) in [6, 6.07) is 11.4. The van der Waals surface area contributed by atoms with Crippen LogP contribution in [0.25, 0.3) is 0 Å². The van der Waals surface area contributed by atoms with Crippen molar-refractivity contribution in [3.63, 3.8) is 0 Å². The number of nitrogens with zero attached hydrogens (tertiary/aromatic N) is 3. The topological polar surface area (TPSA) is 58.1 Å². The van der Waals surface area contributed by atoms with Crippen molar-refractivity contribution in [3.8, 4) is 0 Å². The van der Waals surface area contributed by atoms with Crippen LogP contribution in [0.5, 0.6) is 0 Å². The lowest BCUT2D eigenvalue weighted by Gasteiger charge is -2.26. The van der Waals surface area contributed by atoms with Gasteiger partial charge in [-0.25, -0.2) is 9.97 Å². The zero-order valence-electron chi connectivity index (χ0n) is 14.4. The highest BCUT2D eigenvalue weighted by Gasteiger charge is 2.25. The minimum atomic E-state index is -0.0992. The van der Waals surface area contributed by atoms with E-state index in [2.05, 4.69) is 36.1 Å². The Bertz CT molecular complexity index is 677. The lowest BCUT2D eigenvalue weighted by molar-refractivity contribution is -0.119. The van der Waals surface area contributed by atoms with Crippen molar-refractivity contribution >= 4 is 23.2 Å². The first-order valence-electron chi connectivity index (χ1n) is 7.71. The first-order chi connectivity index (χ1) is 10.8. The molecule has 1 amide bonds. The van der Waals surface area contributed by atoms with E-state index in [0.717, 1.165) is 5.69 Å². The molecule has 5 heteroatoms. The van der Waals surface area contributed by atoms with Gasteiger partial charge in [-0.3, -0.25) is 9.69 Å². The van der Waals surface area contributed by atoms with Crippen LogP contribution in [-0.2, 0) is 4.79 Å². The van der Waals surface area contributed by atoms with E-state index in [1.165, 1.54) is 0 Å². The number of anilines is 3. The maximum Gasteiger partial charge on any atom is 0.233 e. The van der Waals surface area contributed by atoms with Gasteiger partial charge in [0.2, 0.25) is 5.91 Å². The summed E-state index contributed by atoms with van der Waals surface area (Å²) < 4.78 is 0. The summed E-state index contributed by atoms with van der Waals surface area (Å²) in [5.41, 5.74) is 0.708. The zero-order valence-corrected chi connectivity index (χ0v) is 14.4. The second kappa shape index (κ2) is 6.77. The van der Waals surface area contributed by atoms with Crippen LogP contribution in [0, 0.1) is 12.3 Å². The molecular weight excluding hydrogens is 288 g/mol. The van der Waals surface area contributed by atoms with Gasteiger partial charge in [-0.2, -0.15) is 0 Å². The Labute approximate surface area is 137 Å². The summed E-state index contributed by atoms with van der Waals surface area (Å²) >= 11 is 0. The van der Waals surface area contributed by atoms with Crippen molar-refractivity contribution in [2.75, 3.05) is 17.3 Å². The van der Waals surface area contributed by atoms with Gasteiger partial charge >= 0.3 is 0 Å². The molecule has 0 spiro atoms. The molecule has 0 bridgehead atoms. The molecule has 0 aliphatic rings. The van der Waals surface area contributed by atoms with E-state index in [1.807, 2.05) is 37.3 Å². The number of amides is 1. The predicted octanol–water partition coefficient (Wildman–Crippen LogP) is 3.93. The van der Waals surface area contributed by atoms with Gasteiger partial charge in [-0.1, -0.05) is 39.0 Å². The van der Waals surface area contributed by atoms with Crippen LogP contribution in [0.3, 0.4) is 0 Å². The SMILES string of the molecule is CNc1cc(N(C(=O)CC(C)(C)C)c2ccccc2)nc(C)n1. The molecule has 0 aliphatic heterocycles. The molecule has 1 N–H and O–H groups in total. The van der Waals surface area contributed by atoms with E-state index in [1.54, 1.807) is 18.0 Å². The van der Waals surface area contributed by atoms with Gasteiger partial charge < -0.3 is 5.32 Å². The maximum absolute atomic E-state index is 12.9. The summed E-state index contributed by atoms with van der Waals surface area (Å²) in [5.74, 6) is 1.92. The molecule has 0 atom stereocenters. The average molecular weight is 312 g/mol. The molecule has 0 fully saturated rings. The van der Waals surface area contributed by atoms with Gasteiger partial charge in [0.25, 0.3) is 0 Å². The zero-order chi connectivity index (χ0) is 17.0. The summed E-state index contributed by atoms with van der Waals surface area (Å²) in [4.78, 5) is 23.3. The number of nitrogens with one attached hydrogen (secondary N) is 1. The van der Waals surface area contributed by atoms with Gasteiger partial charge in [0.1, 0.15) is 17.5 Å². The number of carbonyl (C=O) groups excluding carboxylic acids is 1. The molecule has 0 unspecified atom stereocenters.